The summed E-state index contributed by atoms with van der Waals surface area (Å²) >= 11 is 0. The van der Waals surface area contributed by atoms with Crippen molar-refractivity contribution in [1.82, 2.24) is 9.80 Å². The lowest BCUT2D eigenvalue weighted by Gasteiger charge is -2.51. The van der Waals surface area contributed by atoms with Gasteiger partial charge in [0.1, 0.15) is 0 Å². The van der Waals surface area contributed by atoms with Gasteiger partial charge in [0, 0.05) is 30.7 Å². The lowest BCUT2D eigenvalue weighted by Crippen LogP contribution is -2.64. The van der Waals surface area contributed by atoms with Gasteiger partial charge in [-0.05, 0) is 45.7 Å². The first-order valence-electron chi connectivity index (χ1n) is 7.45. The van der Waals surface area contributed by atoms with Gasteiger partial charge in [0.15, 0.2) is 0 Å². The second kappa shape index (κ2) is 4.52. The quantitative estimate of drug-likeness (QED) is 0.806. The average molecular weight is 237 g/mol. The fourth-order valence-corrected chi connectivity index (χ4v) is 4.30. The van der Waals surface area contributed by atoms with Gasteiger partial charge in [-0.1, -0.05) is 12.8 Å². The molecule has 0 spiro atoms. The Hall–Kier alpha value is -0.120. The van der Waals surface area contributed by atoms with E-state index >= 15 is 0 Å². The minimum Gasteiger partial charge on any atom is -0.329 e. The van der Waals surface area contributed by atoms with Crippen LogP contribution in [0.5, 0.6) is 0 Å². The monoisotopic (exact) mass is 237 g/mol. The zero-order chi connectivity index (χ0) is 11.9. The molecular formula is C14H27N3. The normalized spacial score (nSPS) is 39.4. The Kier molecular flexibility index (Phi) is 3.18. The third kappa shape index (κ3) is 1.74. The molecule has 3 fully saturated rings. The van der Waals surface area contributed by atoms with Crippen molar-refractivity contribution in [3.05, 3.63) is 0 Å². The molecule has 2 unspecified atom stereocenters. The van der Waals surface area contributed by atoms with Crippen LogP contribution in [0.15, 0.2) is 0 Å². The molecule has 0 aromatic heterocycles. The van der Waals surface area contributed by atoms with E-state index in [9.17, 15) is 0 Å². The van der Waals surface area contributed by atoms with Crippen LogP contribution in [0.1, 0.15) is 44.9 Å². The van der Waals surface area contributed by atoms with Gasteiger partial charge >= 0.3 is 0 Å². The van der Waals surface area contributed by atoms with Gasteiger partial charge in [-0.15, -0.1) is 0 Å². The molecule has 2 N–H and O–H groups in total. The van der Waals surface area contributed by atoms with Gasteiger partial charge in [0.05, 0.1) is 0 Å². The maximum Gasteiger partial charge on any atom is 0.0498 e. The van der Waals surface area contributed by atoms with Crippen molar-refractivity contribution in [2.24, 2.45) is 5.73 Å². The molecule has 2 saturated heterocycles. The number of hydrogen-bond acceptors (Lipinski definition) is 3. The Morgan fingerprint density at radius 3 is 2.65 bits per heavy atom. The number of likely N-dealkylation sites (N-methyl/N-ethyl adjacent to an activating group) is 1. The maximum absolute atomic E-state index is 6.22. The molecule has 17 heavy (non-hydrogen) atoms. The van der Waals surface area contributed by atoms with Crippen LogP contribution in [0.2, 0.25) is 0 Å². The van der Waals surface area contributed by atoms with Crippen LogP contribution in [0, 0.1) is 0 Å². The number of nitrogens with zero attached hydrogens (tertiary/aromatic N) is 2. The second-order valence-corrected chi connectivity index (χ2v) is 6.30. The van der Waals surface area contributed by atoms with Gasteiger partial charge in [0.25, 0.3) is 0 Å². The summed E-state index contributed by atoms with van der Waals surface area (Å²) in [6.07, 6.45) is 9.67. The van der Waals surface area contributed by atoms with E-state index in [1.54, 1.807) is 0 Å². The van der Waals surface area contributed by atoms with Gasteiger partial charge < -0.3 is 5.73 Å². The molecule has 3 nitrogen and oxygen atoms in total. The predicted octanol–water partition coefficient (Wildman–Crippen LogP) is 1.43. The van der Waals surface area contributed by atoms with Crippen LogP contribution in [0.3, 0.4) is 0 Å². The lowest BCUT2D eigenvalue weighted by atomic mass is 9.80. The van der Waals surface area contributed by atoms with Crippen molar-refractivity contribution in [2.45, 2.75) is 62.6 Å². The summed E-state index contributed by atoms with van der Waals surface area (Å²) in [5, 5.41) is 0. The SMILES string of the molecule is CN(C1CCC1)C1(CN)CCN2CCCCC21. The summed E-state index contributed by atoms with van der Waals surface area (Å²) < 4.78 is 0. The zero-order valence-corrected chi connectivity index (χ0v) is 11.2. The molecule has 3 rings (SSSR count). The van der Waals surface area contributed by atoms with Gasteiger partial charge in [-0.25, -0.2) is 0 Å². The molecular weight excluding hydrogens is 210 g/mol. The molecule has 0 aromatic rings. The molecule has 0 aromatic carbocycles. The van der Waals surface area contributed by atoms with E-state index in [0.29, 0.717) is 5.54 Å². The molecule has 2 atom stereocenters. The standard InChI is InChI=1S/C14H27N3/c1-16(12-5-4-6-12)14(11-15)8-10-17-9-3-2-7-13(14)17/h12-13H,2-11,15H2,1H3. The van der Waals surface area contributed by atoms with Crippen LogP contribution < -0.4 is 5.73 Å². The van der Waals surface area contributed by atoms with Crippen molar-refractivity contribution in [2.75, 3.05) is 26.7 Å². The van der Waals surface area contributed by atoms with Crippen molar-refractivity contribution >= 4 is 0 Å². The Morgan fingerprint density at radius 2 is 2.00 bits per heavy atom. The van der Waals surface area contributed by atoms with Crippen LogP contribution in [0.4, 0.5) is 0 Å². The number of hydrogen-bond donors (Lipinski definition) is 1. The molecule has 1 saturated carbocycles. The van der Waals surface area contributed by atoms with Crippen LogP contribution in [-0.2, 0) is 0 Å². The Bertz CT molecular complexity index is 277. The molecule has 3 aliphatic rings. The number of nitrogens with two attached hydrogens (primary N) is 1. The lowest BCUT2D eigenvalue weighted by molar-refractivity contribution is 0.00194. The highest BCUT2D eigenvalue weighted by molar-refractivity contribution is 5.09. The van der Waals surface area contributed by atoms with Crippen molar-refractivity contribution in [1.29, 1.82) is 0 Å². The van der Waals surface area contributed by atoms with E-state index < -0.39 is 0 Å². The second-order valence-electron chi connectivity index (χ2n) is 6.30. The third-order valence-electron chi connectivity index (χ3n) is 5.74. The molecule has 2 heterocycles. The maximum atomic E-state index is 6.22. The highest BCUT2D eigenvalue weighted by Gasteiger charge is 2.51. The van der Waals surface area contributed by atoms with Crippen molar-refractivity contribution < 1.29 is 0 Å². The van der Waals surface area contributed by atoms with Crippen LogP contribution >= 0.6 is 0 Å². The molecule has 1 aliphatic carbocycles. The summed E-state index contributed by atoms with van der Waals surface area (Å²) in [4.78, 5) is 5.39. The minimum absolute atomic E-state index is 0.297. The van der Waals surface area contributed by atoms with E-state index in [1.807, 2.05) is 0 Å². The first kappa shape index (κ1) is 11.9. The van der Waals surface area contributed by atoms with E-state index in [4.69, 9.17) is 5.73 Å². The van der Waals surface area contributed by atoms with Crippen LogP contribution in [0.25, 0.3) is 0 Å². The third-order valence-corrected chi connectivity index (χ3v) is 5.74. The first-order valence-corrected chi connectivity index (χ1v) is 7.45. The van der Waals surface area contributed by atoms with E-state index in [0.717, 1.165) is 18.6 Å². The predicted molar refractivity (Wildman–Crippen MR) is 71.0 cm³/mol. The Morgan fingerprint density at radius 1 is 1.18 bits per heavy atom. The van der Waals surface area contributed by atoms with E-state index in [1.165, 1.54) is 58.0 Å². The average Bonchev–Trinajstić information content (AvgIpc) is 2.66. The van der Waals surface area contributed by atoms with Crippen molar-refractivity contribution in [3.8, 4) is 0 Å². The van der Waals surface area contributed by atoms with Crippen molar-refractivity contribution in [3.63, 3.8) is 0 Å². The number of fused-ring (bicyclic) bond motifs is 1. The van der Waals surface area contributed by atoms with Gasteiger partial charge in [-0.2, -0.15) is 0 Å². The Balaban J connectivity index is 1.80. The summed E-state index contributed by atoms with van der Waals surface area (Å²) in [6, 6.07) is 1.56. The van der Waals surface area contributed by atoms with E-state index in [-0.39, 0.29) is 0 Å². The molecule has 0 amide bonds. The molecule has 3 heteroatoms. The first-order chi connectivity index (χ1) is 8.28. The topological polar surface area (TPSA) is 32.5 Å². The number of rotatable bonds is 3. The number of piperidine rings is 1. The smallest absolute Gasteiger partial charge is 0.0498 e. The highest BCUT2D eigenvalue weighted by Crippen LogP contribution is 2.41. The largest absolute Gasteiger partial charge is 0.329 e. The highest BCUT2D eigenvalue weighted by atomic mass is 15.3. The molecule has 0 bridgehead atoms. The minimum atomic E-state index is 0.297. The summed E-state index contributed by atoms with van der Waals surface area (Å²) in [6.45, 7) is 3.44. The van der Waals surface area contributed by atoms with Gasteiger partial charge in [0.2, 0.25) is 0 Å². The summed E-state index contributed by atoms with van der Waals surface area (Å²) in [5.74, 6) is 0. The fraction of sp³-hybridized carbons (Fsp3) is 1.00. The summed E-state index contributed by atoms with van der Waals surface area (Å²) in [7, 11) is 2.34. The van der Waals surface area contributed by atoms with Gasteiger partial charge in [-0.3, -0.25) is 9.80 Å². The molecule has 2 aliphatic heterocycles. The molecule has 0 radical (unpaired) electrons. The molecule has 98 valence electrons. The van der Waals surface area contributed by atoms with E-state index in [2.05, 4.69) is 16.8 Å². The zero-order valence-electron chi connectivity index (χ0n) is 11.2. The fourth-order valence-electron chi connectivity index (χ4n) is 4.30. The van der Waals surface area contributed by atoms with Crippen LogP contribution in [-0.4, -0.2) is 54.1 Å². The summed E-state index contributed by atoms with van der Waals surface area (Å²) in [5.41, 5.74) is 6.52. The Labute approximate surface area is 105 Å².